The van der Waals surface area contributed by atoms with Gasteiger partial charge in [-0.15, -0.1) is 11.6 Å². The van der Waals surface area contributed by atoms with Crippen LogP contribution in [0.4, 0.5) is 0 Å². The molecular formula is C17H24BrClO. The van der Waals surface area contributed by atoms with Gasteiger partial charge in [-0.25, -0.2) is 0 Å². The number of rotatable bonds is 5. The Bertz CT molecular complexity index is 441. The molecule has 1 fully saturated rings. The van der Waals surface area contributed by atoms with Crippen molar-refractivity contribution in [3.8, 4) is 5.75 Å². The summed E-state index contributed by atoms with van der Waals surface area (Å²) >= 11 is 10.2. The molecular weight excluding hydrogens is 336 g/mol. The summed E-state index contributed by atoms with van der Waals surface area (Å²) in [5.74, 6) is 1.79. The number of halogens is 2. The van der Waals surface area contributed by atoms with Crippen molar-refractivity contribution in [3.05, 3.63) is 27.7 Å². The lowest BCUT2D eigenvalue weighted by Crippen LogP contribution is -2.07. The SMILES string of the molecule is COc1cc(C)c(Br)cc1C(Cl)CCC1CCCCC1. The third kappa shape index (κ3) is 4.14. The Labute approximate surface area is 136 Å². The molecule has 1 aromatic carbocycles. The molecule has 0 bridgehead atoms. The molecule has 0 N–H and O–H groups in total. The minimum atomic E-state index is 0.0452. The first-order valence-corrected chi connectivity index (χ1v) is 8.83. The van der Waals surface area contributed by atoms with Gasteiger partial charge < -0.3 is 4.74 Å². The fourth-order valence-corrected chi connectivity index (χ4v) is 3.76. The summed E-state index contributed by atoms with van der Waals surface area (Å²) in [6, 6.07) is 4.18. The van der Waals surface area contributed by atoms with Gasteiger partial charge in [0.2, 0.25) is 0 Å². The highest BCUT2D eigenvalue weighted by Crippen LogP contribution is 2.38. The monoisotopic (exact) mass is 358 g/mol. The van der Waals surface area contributed by atoms with E-state index < -0.39 is 0 Å². The zero-order valence-electron chi connectivity index (χ0n) is 12.4. The van der Waals surface area contributed by atoms with Gasteiger partial charge in [0.15, 0.2) is 0 Å². The molecule has 0 amide bonds. The zero-order chi connectivity index (χ0) is 14.5. The highest BCUT2D eigenvalue weighted by molar-refractivity contribution is 9.10. The lowest BCUT2D eigenvalue weighted by Gasteiger charge is -2.23. The molecule has 0 radical (unpaired) electrons. The lowest BCUT2D eigenvalue weighted by molar-refractivity contribution is 0.330. The first-order chi connectivity index (χ1) is 9.61. The Morgan fingerprint density at radius 3 is 2.65 bits per heavy atom. The van der Waals surface area contributed by atoms with Crippen molar-refractivity contribution >= 4 is 27.5 Å². The van der Waals surface area contributed by atoms with Crippen molar-refractivity contribution in [2.75, 3.05) is 7.11 Å². The third-order valence-electron chi connectivity index (χ3n) is 4.40. The number of aryl methyl sites for hydroxylation is 1. The molecule has 0 aromatic heterocycles. The van der Waals surface area contributed by atoms with Crippen LogP contribution >= 0.6 is 27.5 Å². The van der Waals surface area contributed by atoms with E-state index >= 15 is 0 Å². The number of ether oxygens (including phenoxy) is 1. The average Bonchev–Trinajstić information content (AvgIpc) is 2.48. The third-order valence-corrected chi connectivity index (χ3v) is 5.71. The van der Waals surface area contributed by atoms with Gasteiger partial charge >= 0.3 is 0 Å². The summed E-state index contributed by atoms with van der Waals surface area (Å²) in [6.07, 6.45) is 9.27. The summed E-state index contributed by atoms with van der Waals surface area (Å²) in [7, 11) is 1.72. The number of benzene rings is 1. The molecule has 0 aliphatic heterocycles. The Morgan fingerprint density at radius 1 is 1.30 bits per heavy atom. The van der Waals surface area contributed by atoms with E-state index in [0.29, 0.717) is 0 Å². The van der Waals surface area contributed by atoms with Crippen LogP contribution in [-0.4, -0.2) is 7.11 Å². The maximum atomic E-state index is 6.63. The van der Waals surface area contributed by atoms with Crippen LogP contribution in [0, 0.1) is 12.8 Å². The van der Waals surface area contributed by atoms with E-state index in [-0.39, 0.29) is 5.38 Å². The molecule has 1 atom stereocenters. The summed E-state index contributed by atoms with van der Waals surface area (Å²) < 4.78 is 6.60. The largest absolute Gasteiger partial charge is 0.496 e. The summed E-state index contributed by atoms with van der Waals surface area (Å²) in [5, 5.41) is 0.0452. The van der Waals surface area contributed by atoms with Gasteiger partial charge in [-0.05, 0) is 43.4 Å². The second-order valence-corrected chi connectivity index (χ2v) is 7.27. The molecule has 1 unspecified atom stereocenters. The molecule has 2 rings (SSSR count). The highest BCUT2D eigenvalue weighted by atomic mass is 79.9. The lowest BCUT2D eigenvalue weighted by atomic mass is 9.85. The van der Waals surface area contributed by atoms with Crippen LogP contribution < -0.4 is 4.74 Å². The Hall–Kier alpha value is -0.210. The molecule has 3 heteroatoms. The predicted molar refractivity (Wildman–Crippen MR) is 89.8 cm³/mol. The van der Waals surface area contributed by atoms with E-state index in [2.05, 4.69) is 35.0 Å². The number of hydrogen-bond acceptors (Lipinski definition) is 1. The molecule has 0 heterocycles. The van der Waals surface area contributed by atoms with Crippen LogP contribution in [0.3, 0.4) is 0 Å². The summed E-state index contributed by atoms with van der Waals surface area (Å²) in [4.78, 5) is 0. The van der Waals surface area contributed by atoms with Crippen LogP contribution in [0.25, 0.3) is 0 Å². The van der Waals surface area contributed by atoms with Gasteiger partial charge in [-0.2, -0.15) is 0 Å². The first-order valence-electron chi connectivity index (χ1n) is 7.60. The molecule has 112 valence electrons. The minimum absolute atomic E-state index is 0.0452. The molecule has 20 heavy (non-hydrogen) atoms. The second kappa shape index (κ2) is 7.70. The van der Waals surface area contributed by atoms with Gasteiger partial charge in [-0.3, -0.25) is 0 Å². The van der Waals surface area contributed by atoms with Crippen molar-refractivity contribution in [2.45, 2.75) is 57.2 Å². The second-order valence-electron chi connectivity index (χ2n) is 5.89. The smallest absolute Gasteiger partial charge is 0.123 e. The maximum absolute atomic E-state index is 6.63. The standard InChI is InChI=1S/C17H24BrClO/c1-12-10-17(20-2)14(11-15(12)18)16(19)9-8-13-6-4-3-5-7-13/h10-11,13,16H,3-9H2,1-2H3. The topological polar surface area (TPSA) is 9.23 Å². The van der Waals surface area contributed by atoms with Gasteiger partial charge in [0, 0.05) is 10.0 Å². The van der Waals surface area contributed by atoms with Crippen LogP contribution in [-0.2, 0) is 0 Å². The Kier molecular flexibility index (Phi) is 6.22. The van der Waals surface area contributed by atoms with Crippen molar-refractivity contribution in [1.82, 2.24) is 0 Å². The van der Waals surface area contributed by atoms with E-state index in [1.54, 1.807) is 7.11 Å². The van der Waals surface area contributed by atoms with Crippen LogP contribution in [0.15, 0.2) is 16.6 Å². The van der Waals surface area contributed by atoms with E-state index in [1.807, 2.05) is 0 Å². The molecule has 1 aromatic rings. The van der Waals surface area contributed by atoms with Crippen molar-refractivity contribution in [1.29, 1.82) is 0 Å². The van der Waals surface area contributed by atoms with Gasteiger partial charge in [-0.1, -0.05) is 48.0 Å². The van der Waals surface area contributed by atoms with Crippen LogP contribution in [0.5, 0.6) is 5.75 Å². The predicted octanol–water partition coefficient (Wildman–Crippen LogP) is 6.41. The molecule has 1 nitrogen and oxygen atoms in total. The summed E-state index contributed by atoms with van der Waals surface area (Å²) in [5.41, 5.74) is 2.30. The van der Waals surface area contributed by atoms with Crippen molar-refractivity contribution in [2.24, 2.45) is 5.92 Å². The van der Waals surface area contributed by atoms with E-state index in [9.17, 15) is 0 Å². The molecule has 0 spiro atoms. The molecule has 1 aliphatic rings. The molecule has 1 saturated carbocycles. The molecule has 1 aliphatic carbocycles. The van der Waals surface area contributed by atoms with Crippen LogP contribution in [0.1, 0.15) is 61.4 Å². The first kappa shape index (κ1) is 16.2. The van der Waals surface area contributed by atoms with Crippen molar-refractivity contribution in [3.63, 3.8) is 0 Å². The average molecular weight is 360 g/mol. The highest BCUT2D eigenvalue weighted by Gasteiger charge is 2.19. The van der Waals surface area contributed by atoms with E-state index in [1.165, 1.54) is 44.1 Å². The number of hydrogen-bond donors (Lipinski definition) is 0. The fraction of sp³-hybridized carbons (Fsp3) is 0.647. The normalized spacial score (nSPS) is 18.0. The molecule has 0 saturated heterocycles. The maximum Gasteiger partial charge on any atom is 0.123 e. The minimum Gasteiger partial charge on any atom is -0.496 e. The van der Waals surface area contributed by atoms with E-state index in [4.69, 9.17) is 16.3 Å². The Morgan fingerprint density at radius 2 is 2.00 bits per heavy atom. The summed E-state index contributed by atoms with van der Waals surface area (Å²) in [6.45, 7) is 2.07. The van der Waals surface area contributed by atoms with Gasteiger partial charge in [0.25, 0.3) is 0 Å². The van der Waals surface area contributed by atoms with Crippen molar-refractivity contribution < 1.29 is 4.74 Å². The van der Waals surface area contributed by atoms with Gasteiger partial charge in [0.05, 0.1) is 12.5 Å². The number of methoxy groups -OCH3 is 1. The van der Waals surface area contributed by atoms with Gasteiger partial charge in [0.1, 0.15) is 5.75 Å². The van der Waals surface area contributed by atoms with Crippen LogP contribution in [0.2, 0.25) is 0 Å². The fourth-order valence-electron chi connectivity index (χ4n) is 3.11. The Balaban J connectivity index is 2.00. The zero-order valence-corrected chi connectivity index (χ0v) is 14.8. The number of alkyl halides is 1. The van der Waals surface area contributed by atoms with E-state index in [0.717, 1.165) is 28.1 Å². The quantitative estimate of drug-likeness (QED) is 0.552.